The van der Waals surface area contributed by atoms with Crippen LogP contribution in [0.3, 0.4) is 0 Å². The quantitative estimate of drug-likeness (QED) is 0.819. The average Bonchev–Trinajstić information content (AvgIpc) is 2.47. The Morgan fingerprint density at radius 3 is 2.65 bits per heavy atom. The Bertz CT molecular complexity index is 549. The van der Waals surface area contributed by atoms with E-state index in [9.17, 15) is 0 Å². The van der Waals surface area contributed by atoms with Crippen molar-refractivity contribution < 1.29 is 9.47 Å². The van der Waals surface area contributed by atoms with Gasteiger partial charge in [-0.1, -0.05) is 41.9 Å². The van der Waals surface area contributed by atoms with Gasteiger partial charge in [0.15, 0.2) is 5.15 Å². The summed E-state index contributed by atoms with van der Waals surface area (Å²) in [6.45, 7) is 2.43. The first kappa shape index (κ1) is 14.8. The molecule has 4 nitrogen and oxygen atoms in total. The zero-order valence-corrected chi connectivity index (χ0v) is 12.3. The molecule has 0 saturated carbocycles. The van der Waals surface area contributed by atoms with Gasteiger partial charge in [0.2, 0.25) is 5.88 Å². The van der Waals surface area contributed by atoms with E-state index in [2.05, 4.69) is 10.2 Å². The molecule has 1 aromatic heterocycles. The zero-order valence-electron chi connectivity index (χ0n) is 11.5. The SMILES string of the molecule is COC(C)Cc1cc(Cl)nnc1OCc1ccccc1. The minimum Gasteiger partial charge on any atom is -0.472 e. The maximum absolute atomic E-state index is 5.89. The van der Waals surface area contributed by atoms with Gasteiger partial charge in [-0.05, 0) is 18.6 Å². The second-order valence-corrected chi connectivity index (χ2v) is 4.91. The number of methoxy groups -OCH3 is 1. The van der Waals surface area contributed by atoms with Crippen molar-refractivity contribution in [2.75, 3.05) is 7.11 Å². The molecule has 0 aliphatic rings. The van der Waals surface area contributed by atoms with E-state index in [0.29, 0.717) is 24.1 Å². The summed E-state index contributed by atoms with van der Waals surface area (Å²) in [6, 6.07) is 11.7. The van der Waals surface area contributed by atoms with Crippen molar-refractivity contribution in [3.63, 3.8) is 0 Å². The van der Waals surface area contributed by atoms with E-state index in [1.54, 1.807) is 13.2 Å². The highest BCUT2D eigenvalue weighted by Crippen LogP contribution is 2.21. The number of benzene rings is 1. The lowest BCUT2D eigenvalue weighted by molar-refractivity contribution is 0.117. The Kier molecular flexibility index (Phi) is 5.32. The average molecular weight is 293 g/mol. The van der Waals surface area contributed by atoms with Gasteiger partial charge in [-0.3, -0.25) is 0 Å². The summed E-state index contributed by atoms with van der Waals surface area (Å²) < 4.78 is 11.0. The lowest BCUT2D eigenvalue weighted by Crippen LogP contribution is -2.11. The maximum atomic E-state index is 5.89. The van der Waals surface area contributed by atoms with Crippen molar-refractivity contribution in [1.82, 2.24) is 10.2 Å². The second-order valence-electron chi connectivity index (χ2n) is 4.52. The van der Waals surface area contributed by atoms with Crippen molar-refractivity contribution in [3.8, 4) is 5.88 Å². The molecule has 0 radical (unpaired) electrons. The van der Waals surface area contributed by atoms with Gasteiger partial charge in [-0.25, -0.2) is 0 Å². The Hall–Kier alpha value is -1.65. The van der Waals surface area contributed by atoms with Gasteiger partial charge >= 0.3 is 0 Å². The van der Waals surface area contributed by atoms with Crippen molar-refractivity contribution in [3.05, 3.63) is 52.7 Å². The zero-order chi connectivity index (χ0) is 14.4. The molecule has 2 rings (SSSR count). The van der Waals surface area contributed by atoms with E-state index in [-0.39, 0.29) is 6.10 Å². The van der Waals surface area contributed by atoms with Gasteiger partial charge in [0.05, 0.1) is 6.10 Å². The van der Waals surface area contributed by atoms with Crippen LogP contribution in [0.1, 0.15) is 18.1 Å². The molecule has 0 aliphatic carbocycles. The van der Waals surface area contributed by atoms with E-state index >= 15 is 0 Å². The van der Waals surface area contributed by atoms with Crippen molar-refractivity contribution in [2.45, 2.75) is 26.1 Å². The lowest BCUT2D eigenvalue weighted by atomic mass is 10.1. The van der Waals surface area contributed by atoms with Gasteiger partial charge in [-0.2, -0.15) is 0 Å². The maximum Gasteiger partial charge on any atom is 0.237 e. The number of halogens is 1. The number of rotatable bonds is 6. The highest BCUT2D eigenvalue weighted by atomic mass is 35.5. The molecule has 1 atom stereocenters. The molecular weight excluding hydrogens is 276 g/mol. The normalized spacial score (nSPS) is 12.2. The van der Waals surface area contributed by atoms with Crippen LogP contribution in [0.25, 0.3) is 0 Å². The Balaban J connectivity index is 2.10. The molecule has 0 saturated heterocycles. The molecule has 0 spiro atoms. The van der Waals surface area contributed by atoms with E-state index in [1.165, 1.54) is 0 Å². The van der Waals surface area contributed by atoms with Crippen molar-refractivity contribution in [2.24, 2.45) is 0 Å². The molecule has 1 heterocycles. The smallest absolute Gasteiger partial charge is 0.237 e. The highest BCUT2D eigenvalue weighted by molar-refractivity contribution is 6.29. The van der Waals surface area contributed by atoms with Crippen LogP contribution in [0.15, 0.2) is 36.4 Å². The van der Waals surface area contributed by atoms with Gasteiger partial charge in [0, 0.05) is 19.1 Å². The third kappa shape index (κ3) is 4.18. The molecule has 5 heteroatoms. The van der Waals surface area contributed by atoms with Gasteiger partial charge < -0.3 is 9.47 Å². The molecule has 0 amide bonds. The van der Waals surface area contributed by atoms with Crippen LogP contribution >= 0.6 is 11.6 Å². The molecule has 2 aromatic rings. The van der Waals surface area contributed by atoms with E-state index in [4.69, 9.17) is 21.1 Å². The van der Waals surface area contributed by atoms with Crippen LogP contribution < -0.4 is 4.74 Å². The summed E-state index contributed by atoms with van der Waals surface area (Å²) in [6.07, 6.45) is 0.741. The fraction of sp³-hybridized carbons (Fsp3) is 0.333. The van der Waals surface area contributed by atoms with Crippen molar-refractivity contribution >= 4 is 11.6 Å². The molecular formula is C15H17ClN2O2. The highest BCUT2D eigenvalue weighted by Gasteiger charge is 2.12. The van der Waals surface area contributed by atoms with Crippen LogP contribution in [0.5, 0.6) is 5.88 Å². The first-order valence-electron chi connectivity index (χ1n) is 6.40. The molecule has 0 N–H and O–H groups in total. The number of aromatic nitrogens is 2. The number of hydrogen-bond donors (Lipinski definition) is 0. The first-order chi connectivity index (χ1) is 9.69. The van der Waals surface area contributed by atoms with E-state index in [0.717, 1.165) is 11.1 Å². The summed E-state index contributed by atoms with van der Waals surface area (Å²) in [7, 11) is 1.67. The standard InChI is InChI=1S/C15H17ClN2O2/c1-11(19-2)8-13-9-14(16)17-18-15(13)20-10-12-6-4-3-5-7-12/h3-7,9,11H,8,10H2,1-2H3. The molecule has 106 valence electrons. The summed E-state index contributed by atoms with van der Waals surface area (Å²) in [4.78, 5) is 0. The third-order valence-corrected chi connectivity index (χ3v) is 3.12. The van der Waals surface area contributed by atoms with Crippen LogP contribution in [0.4, 0.5) is 0 Å². The third-order valence-electron chi connectivity index (χ3n) is 2.93. The summed E-state index contributed by atoms with van der Waals surface area (Å²) in [5.74, 6) is 0.502. The van der Waals surface area contributed by atoms with Crippen LogP contribution in [-0.2, 0) is 17.8 Å². The fourth-order valence-corrected chi connectivity index (χ4v) is 1.95. The molecule has 0 fully saturated rings. The number of ether oxygens (including phenoxy) is 2. The molecule has 1 unspecified atom stereocenters. The fourth-order valence-electron chi connectivity index (χ4n) is 1.78. The van der Waals surface area contributed by atoms with E-state index in [1.807, 2.05) is 37.3 Å². The van der Waals surface area contributed by atoms with Gasteiger partial charge in [0.25, 0.3) is 0 Å². The molecule has 20 heavy (non-hydrogen) atoms. The monoisotopic (exact) mass is 292 g/mol. The molecule has 0 aliphatic heterocycles. The van der Waals surface area contributed by atoms with Crippen molar-refractivity contribution in [1.29, 1.82) is 0 Å². The summed E-state index contributed by atoms with van der Waals surface area (Å²) >= 11 is 5.89. The minimum absolute atomic E-state index is 0.0642. The molecule has 1 aromatic carbocycles. The predicted molar refractivity (Wildman–Crippen MR) is 78.0 cm³/mol. The lowest BCUT2D eigenvalue weighted by Gasteiger charge is -2.13. The minimum atomic E-state index is 0.0642. The van der Waals surface area contributed by atoms with Crippen LogP contribution in [0, 0.1) is 0 Å². The first-order valence-corrected chi connectivity index (χ1v) is 6.78. The second kappa shape index (κ2) is 7.22. The van der Waals surface area contributed by atoms with E-state index < -0.39 is 0 Å². The topological polar surface area (TPSA) is 44.2 Å². The largest absolute Gasteiger partial charge is 0.472 e. The van der Waals surface area contributed by atoms with Gasteiger partial charge in [0.1, 0.15) is 6.61 Å². The summed E-state index contributed by atoms with van der Waals surface area (Å²) in [5.41, 5.74) is 1.98. The number of nitrogens with zero attached hydrogens (tertiary/aromatic N) is 2. The van der Waals surface area contributed by atoms with Gasteiger partial charge in [-0.15, -0.1) is 10.2 Å². The molecule has 0 bridgehead atoms. The Morgan fingerprint density at radius 2 is 1.95 bits per heavy atom. The van der Waals surface area contributed by atoms with Crippen LogP contribution in [-0.4, -0.2) is 23.4 Å². The predicted octanol–water partition coefficient (Wildman–Crippen LogP) is 3.29. The summed E-state index contributed by atoms with van der Waals surface area (Å²) in [5, 5.41) is 8.21. The Morgan fingerprint density at radius 1 is 1.20 bits per heavy atom. The number of hydrogen-bond acceptors (Lipinski definition) is 4. The Labute approximate surface area is 123 Å². The van der Waals surface area contributed by atoms with Crippen LogP contribution in [0.2, 0.25) is 5.15 Å².